The quantitative estimate of drug-likeness (QED) is 0.777. The molecular formula is C19H21N5O. The average molecular weight is 335 g/mol. The van der Waals surface area contributed by atoms with Crippen LogP contribution in [0, 0.1) is 20.8 Å². The number of hydrogen-bond donors (Lipinski definition) is 1. The number of anilines is 1. The molecule has 0 aliphatic carbocycles. The van der Waals surface area contributed by atoms with E-state index in [-0.39, 0.29) is 5.91 Å². The Morgan fingerprint density at radius 3 is 2.60 bits per heavy atom. The SMILES string of the molecule is Cc1ccc(CCC(=O)Nc2ccc(-n3cnnn3)c(C)c2)c(C)c1. The van der Waals surface area contributed by atoms with Crippen molar-refractivity contribution in [2.24, 2.45) is 0 Å². The van der Waals surface area contributed by atoms with Crippen molar-refractivity contribution < 1.29 is 4.79 Å². The van der Waals surface area contributed by atoms with Gasteiger partial charge < -0.3 is 5.32 Å². The number of amides is 1. The molecule has 1 N–H and O–H groups in total. The standard InChI is InChI=1S/C19H21N5O/c1-13-4-5-16(14(2)10-13)6-9-19(25)21-17-7-8-18(15(3)11-17)24-12-20-22-23-24/h4-5,7-8,10-12H,6,9H2,1-3H3,(H,21,25). The van der Waals surface area contributed by atoms with E-state index < -0.39 is 0 Å². The summed E-state index contributed by atoms with van der Waals surface area (Å²) in [6.45, 7) is 6.12. The monoisotopic (exact) mass is 335 g/mol. The lowest BCUT2D eigenvalue weighted by Crippen LogP contribution is -2.13. The third-order valence-electron chi connectivity index (χ3n) is 4.20. The lowest BCUT2D eigenvalue weighted by atomic mass is 10.0. The summed E-state index contributed by atoms with van der Waals surface area (Å²) >= 11 is 0. The van der Waals surface area contributed by atoms with Gasteiger partial charge in [-0.25, -0.2) is 4.68 Å². The van der Waals surface area contributed by atoms with E-state index in [2.05, 4.69) is 52.9 Å². The van der Waals surface area contributed by atoms with Crippen LogP contribution in [0.1, 0.15) is 28.7 Å². The molecule has 1 amide bonds. The summed E-state index contributed by atoms with van der Waals surface area (Å²) in [4.78, 5) is 12.2. The van der Waals surface area contributed by atoms with E-state index in [0.29, 0.717) is 6.42 Å². The molecule has 0 saturated heterocycles. The van der Waals surface area contributed by atoms with E-state index in [1.807, 2.05) is 25.1 Å². The van der Waals surface area contributed by atoms with E-state index >= 15 is 0 Å². The molecule has 6 nitrogen and oxygen atoms in total. The first-order chi connectivity index (χ1) is 12.0. The van der Waals surface area contributed by atoms with Gasteiger partial charge in [-0.3, -0.25) is 4.79 Å². The van der Waals surface area contributed by atoms with Crippen LogP contribution >= 0.6 is 0 Å². The zero-order valence-corrected chi connectivity index (χ0v) is 14.7. The number of rotatable bonds is 5. The van der Waals surface area contributed by atoms with E-state index in [1.165, 1.54) is 16.7 Å². The number of nitrogens with zero attached hydrogens (tertiary/aromatic N) is 4. The van der Waals surface area contributed by atoms with Crippen LogP contribution < -0.4 is 5.32 Å². The molecule has 0 unspecified atom stereocenters. The highest BCUT2D eigenvalue weighted by atomic mass is 16.1. The number of benzene rings is 2. The van der Waals surface area contributed by atoms with Gasteiger partial charge in [-0.2, -0.15) is 0 Å². The summed E-state index contributed by atoms with van der Waals surface area (Å²) < 4.78 is 1.60. The van der Waals surface area contributed by atoms with Gasteiger partial charge in [0, 0.05) is 12.1 Å². The van der Waals surface area contributed by atoms with Gasteiger partial charge in [0.2, 0.25) is 5.91 Å². The maximum atomic E-state index is 12.2. The van der Waals surface area contributed by atoms with E-state index in [4.69, 9.17) is 0 Å². The summed E-state index contributed by atoms with van der Waals surface area (Å²) in [5.74, 6) is 0.00884. The van der Waals surface area contributed by atoms with E-state index in [9.17, 15) is 4.79 Å². The molecule has 0 fully saturated rings. The number of hydrogen-bond acceptors (Lipinski definition) is 4. The minimum atomic E-state index is 0.00884. The summed E-state index contributed by atoms with van der Waals surface area (Å²) in [5, 5.41) is 14.1. The van der Waals surface area contributed by atoms with Crippen molar-refractivity contribution in [3.8, 4) is 5.69 Å². The number of carbonyl (C=O) groups excluding carboxylic acids is 1. The molecule has 0 bridgehead atoms. The number of carbonyl (C=O) groups is 1. The summed E-state index contributed by atoms with van der Waals surface area (Å²) in [5.41, 5.74) is 6.34. The highest BCUT2D eigenvalue weighted by molar-refractivity contribution is 5.91. The minimum Gasteiger partial charge on any atom is -0.326 e. The van der Waals surface area contributed by atoms with Gasteiger partial charge >= 0.3 is 0 Å². The Morgan fingerprint density at radius 1 is 1.08 bits per heavy atom. The normalized spacial score (nSPS) is 10.7. The van der Waals surface area contributed by atoms with Gasteiger partial charge in [-0.1, -0.05) is 23.8 Å². The van der Waals surface area contributed by atoms with Crippen molar-refractivity contribution >= 4 is 11.6 Å². The zero-order chi connectivity index (χ0) is 17.8. The first-order valence-corrected chi connectivity index (χ1v) is 8.23. The molecule has 0 saturated carbocycles. The maximum Gasteiger partial charge on any atom is 0.224 e. The van der Waals surface area contributed by atoms with Crippen LogP contribution in [0.15, 0.2) is 42.7 Å². The molecule has 6 heteroatoms. The fourth-order valence-corrected chi connectivity index (χ4v) is 2.86. The third-order valence-corrected chi connectivity index (χ3v) is 4.20. The van der Waals surface area contributed by atoms with Crippen molar-refractivity contribution in [2.75, 3.05) is 5.32 Å². The predicted octanol–water partition coefficient (Wildman–Crippen LogP) is 3.16. The van der Waals surface area contributed by atoms with Gasteiger partial charge in [0.15, 0.2) is 0 Å². The van der Waals surface area contributed by atoms with Gasteiger partial charge in [0.1, 0.15) is 6.33 Å². The van der Waals surface area contributed by atoms with Gasteiger partial charge in [-0.15, -0.1) is 5.10 Å². The van der Waals surface area contributed by atoms with Crippen molar-refractivity contribution in [1.29, 1.82) is 0 Å². The fourth-order valence-electron chi connectivity index (χ4n) is 2.86. The first kappa shape index (κ1) is 16.8. The molecule has 0 aliphatic heterocycles. The first-order valence-electron chi connectivity index (χ1n) is 8.23. The lowest BCUT2D eigenvalue weighted by molar-refractivity contribution is -0.116. The molecule has 0 spiro atoms. The number of aromatic nitrogens is 4. The third kappa shape index (κ3) is 4.09. The summed E-state index contributed by atoms with van der Waals surface area (Å²) in [6, 6.07) is 12.0. The molecule has 1 heterocycles. The van der Waals surface area contributed by atoms with E-state index in [1.54, 1.807) is 11.0 Å². The van der Waals surface area contributed by atoms with Gasteiger partial charge in [0.25, 0.3) is 0 Å². The topological polar surface area (TPSA) is 72.7 Å². The molecular weight excluding hydrogens is 314 g/mol. The molecule has 128 valence electrons. The molecule has 25 heavy (non-hydrogen) atoms. The van der Waals surface area contributed by atoms with Gasteiger partial charge in [-0.05, 0) is 72.5 Å². The fraction of sp³-hybridized carbons (Fsp3) is 0.263. The maximum absolute atomic E-state index is 12.2. The smallest absolute Gasteiger partial charge is 0.224 e. The highest BCUT2D eigenvalue weighted by Crippen LogP contribution is 2.18. The number of tetrazole rings is 1. The molecule has 1 aromatic heterocycles. The molecule has 3 aromatic rings. The molecule has 0 aliphatic rings. The number of aryl methyl sites for hydroxylation is 4. The minimum absolute atomic E-state index is 0.00884. The Labute approximate surface area is 146 Å². The Morgan fingerprint density at radius 2 is 1.92 bits per heavy atom. The van der Waals surface area contributed by atoms with Crippen LogP contribution in [0.3, 0.4) is 0 Å². The Hall–Kier alpha value is -3.02. The highest BCUT2D eigenvalue weighted by Gasteiger charge is 2.08. The number of nitrogens with one attached hydrogen (secondary N) is 1. The van der Waals surface area contributed by atoms with Crippen LogP contribution in [0.25, 0.3) is 5.69 Å². The van der Waals surface area contributed by atoms with Crippen LogP contribution in [0.4, 0.5) is 5.69 Å². The second kappa shape index (κ2) is 7.25. The van der Waals surface area contributed by atoms with Crippen LogP contribution in [-0.4, -0.2) is 26.1 Å². The summed E-state index contributed by atoms with van der Waals surface area (Å²) in [6.07, 6.45) is 2.74. The Balaban J connectivity index is 1.62. The second-order valence-electron chi connectivity index (χ2n) is 6.23. The molecule has 0 atom stereocenters. The van der Waals surface area contributed by atoms with Crippen LogP contribution in [0.2, 0.25) is 0 Å². The molecule has 3 rings (SSSR count). The zero-order valence-electron chi connectivity index (χ0n) is 14.7. The van der Waals surface area contributed by atoms with Gasteiger partial charge in [0.05, 0.1) is 5.69 Å². The van der Waals surface area contributed by atoms with Crippen molar-refractivity contribution in [1.82, 2.24) is 20.2 Å². The Kier molecular flexibility index (Phi) is 4.88. The average Bonchev–Trinajstić information content (AvgIpc) is 3.08. The van der Waals surface area contributed by atoms with E-state index in [0.717, 1.165) is 23.4 Å². The van der Waals surface area contributed by atoms with Crippen molar-refractivity contribution in [3.63, 3.8) is 0 Å². The molecule has 0 radical (unpaired) electrons. The van der Waals surface area contributed by atoms with Crippen molar-refractivity contribution in [2.45, 2.75) is 33.6 Å². The largest absolute Gasteiger partial charge is 0.326 e. The Bertz CT molecular complexity index is 887. The summed E-state index contributed by atoms with van der Waals surface area (Å²) in [7, 11) is 0. The predicted molar refractivity (Wildman–Crippen MR) is 96.8 cm³/mol. The second-order valence-corrected chi connectivity index (χ2v) is 6.23. The van der Waals surface area contributed by atoms with Crippen molar-refractivity contribution in [3.05, 3.63) is 65.0 Å². The van der Waals surface area contributed by atoms with Crippen LogP contribution in [-0.2, 0) is 11.2 Å². The van der Waals surface area contributed by atoms with Crippen LogP contribution in [0.5, 0.6) is 0 Å². The lowest BCUT2D eigenvalue weighted by Gasteiger charge is -2.10. The molecule has 2 aromatic carbocycles.